The normalized spacial score (nSPS) is 54.2. The third-order valence-electron chi connectivity index (χ3n) is 9.22. The van der Waals surface area contributed by atoms with Crippen molar-refractivity contribution >= 4 is 0 Å². The number of allylic oxidation sites excluding steroid dienone is 1. The Bertz CT molecular complexity index is 437. The van der Waals surface area contributed by atoms with E-state index in [-0.39, 0.29) is 0 Å². The van der Waals surface area contributed by atoms with Crippen LogP contribution in [-0.2, 0) is 0 Å². The zero-order chi connectivity index (χ0) is 15.4. The molecule has 7 atom stereocenters. The fraction of sp³-hybridized carbons (Fsp3) is 0.909. The van der Waals surface area contributed by atoms with E-state index >= 15 is 0 Å². The van der Waals surface area contributed by atoms with E-state index in [2.05, 4.69) is 26.5 Å². The predicted octanol–water partition coefficient (Wildman–Crippen LogP) is 6.61. The van der Waals surface area contributed by atoms with Crippen molar-refractivity contribution in [1.29, 1.82) is 0 Å². The van der Waals surface area contributed by atoms with Gasteiger partial charge in [0.15, 0.2) is 0 Å². The van der Waals surface area contributed by atoms with Crippen LogP contribution < -0.4 is 0 Å². The van der Waals surface area contributed by atoms with Crippen molar-refractivity contribution in [3.63, 3.8) is 0 Å². The Labute approximate surface area is 138 Å². The molecule has 0 spiro atoms. The van der Waals surface area contributed by atoms with Crippen molar-refractivity contribution in [3.05, 3.63) is 12.7 Å². The molecule has 0 amide bonds. The highest BCUT2D eigenvalue weighted by Crippen LogP contribution is 2.68. The maximum Gasteiger partial charge on any atom is -0.00617 e. The van der Waals surface area contributed by atoms with Gasteiger partial charge >= 0.3 is 0 Å². The van der Waals surface area contributed by atoms with Crippen LogP contribution in [0.3, 0.4) is 0 Å². The molecule has 4 rings (SSSR count). The molecule has 4 saturated carbocycles. The van der Waals surface area contributed by atoms with Gasteiger partial charge in [0.25, 0.3) is 0 Å². The van der Waals surface area contributed by atoms with Gasteiger partial charge in [0.1, 0.15) is 0 Å². The molecule has 0 aromatic heterocycles. The summed E-state index contributed by atoms with van der Waals surface area (Å²) in [4.78, 5) is 0. The predicted molar refractivity (Wildman–Crippen MR) is 94.6 cm³/mol. The maximum absolute atomic E-state index is 4.35. The van der Waals surface area contributed by atoms with E-state index in [0.717, 1.165) is 29.6 Å². The first kappa shape index (κ1) is 15.3. The van der Waals surface area contributed by atoms with E-state index in [1.807, 2.05) is 0 Å². The van der Waals surface area contributed by atoms with E-state index in [9.17, 15) is 0 Å². The first-order valence-corrected chi connectivity index (χ1v) is 10.3. The third kappa shape index (κ3) is 1.88. The van der Waals surface area contributed by atoms with Gasteiger partial charge in [-0.25, -0.2) is 0 Å². The van der Waals surface area contributed by atoms with Crippen LogP contribution >= 0.6 is 0 Å². The Morgan fingerprint density at radius 1 is 0.955 bits per heavy atom. The van der Waals surface area contributed by atoms with E-state index in [4.69, 9.17) is 0 Å². The van der Waals surface area contributed by atoms with Crippen LogP contribution in [0.25, 0.3) is 0 Å². The van der Waals surface area contributed by atoms with Gasteiger partial charge in [0, 0.05) is 0 Å². The lowest BCUT2D eigenvalue weighted by molar-refractivity contribution is -0.103. The molecule has 22 heavy (non-hydrogen) atoms. The molecule has 0 heterocycles. The van der Waals surface area contributed by atoms with Crippen LogP contribution in [-0.4, -0.2) is 0 Å². The minimum absolute atomic E-state index is 0.522. The lowest BCUT2D eigenvalue weighted by Crippen LogP contribution is -2.52. The third-order valence-corrected chi connectivity index (χ3v) is 9.22. The van der Waals surface area contributed by atoms with Gasteiger partial charge in [0.05, 0.1) is 0 Å². The first-order valence-electron chi connectivity index (χ1n) is 10.3. The van der Waals surface area contributed by atoms with Gasteiger partial charge < -0.3 is 0 Å². The molecule has 4 aliphatic carbocycles. The second-order valence-corrected chi connectivity index (χ2v) is 9.44. The zero-order valence-electron chi connectivity index (χ0n) is 14.9. The minimum Gasteiger partial charge on any atom is -0.103 e. The summed E-state index contributed by atoms with van der Waals surface area (Å²) in [6.07, 6.45) is 18.9. The van der Waals surface area contributed by atoms with Crippen molar-refractivity contribution in [2.45, 2.75) is 84.5 Å². The average Bonchev–Trinajstić information content (AvgIpc) is 2.93. The van der Waals surface area contributed by atoms with E-state index < -0.39 is 0 Å². The van der Waals surface area contributed by atoms with Gasteiger partial charge in [-0.2, -0.15) is 0 Å². The minimum atomic E-state index is 0.522. The lowest BCUT2D eigenvalue weighted by atomic mass is 9.44. The Kier molecular flexibility index (Phi) is 3.74. The van der Waals surface area contributed by atoms with Crippen molar-refractivity contribution in [3.8, 4) is 0 Å². The largest absolute Gasteiger partial charge is 0.103 e. The van der Waals surface area contributed by atoms with E-state index in [1.165, 1.54) is 64.2 Å². The number of fused-ring (bicyclic) bond motifs is 5. The molecule has 0 aliphatic heterocycles. The molecule has 0 saturated heterocycles. The number of hydrogen-bond donors (Lipinski definition) is 0. The zero-order valence-corrected chi connectivity index (χ0v) is 14.9. The van der Waals surface area contributed by atoms with E-state index in [0.29, 0.717) is 10.8 Å². The fourth-order valence-corrected chi connectivity index (χ4v) is 8.13. The van der Waals surface area contributed by atoms with Crippen LogP contribution in [0.5, 0.6) is 0 Å². The highest BCUT2D eigenvalue weighted by molar-refractivity contribution is 5.14. The molecule has 0 bridgehead atoms. The smallest absolute Gasteiger partial charge is 0.00617 e. The van der Waals surface area contributed by atoms with Gasteiger partial charge in [-0.3, -0.25) is 0 Å². The molecule has 4 aliphatic rings. The monoisotopic (exact) mass is 300 g/mol. The van der Waals surface area contributed by atoms with Crippen molar-refractivity contribution in [2.24, 2.45) is 40.4 Å². The summed E-state index contributed by atoms with van der Waals surface area (Å²) in [6.45, 7) is 9.47. The molecule has 1 unspecified atom stereocenters. The molecule has 0 N–H and O–H groups in total. The van der Waals surface area contributed by atoms with Crippen LogP contribution in [0.15, 0.2) is 12.7 Å². The summed E-state index contributed by atoms with van der Waals surface area (Å²) in [5.74, 6) is 5.05. The molecule has 0 aromatic rings. The van der Waals surface area contributed by atoms with E-state index in [1.54, 1.807) is 6.42 Å². The molecule has 4 fully saturated rings. The Balaban J connectivity index is 1.65. The highest BCUT2D eigenvalue weighted by Gasteiger charge is 2.59. The number of hydrogen-bond acceptors (Lipinski definition) is 0. The second-order valence-electron chi connectivity index (χ2n) is 9.44. The molecule has 0 radical (unpaired) electrons. The van der Waals surface area contributed by atoms with Crippen molar-refractivity contribution < 1.29 is 0 Å². The Morgan fingerprint density at radius 3 is 2.59 bits per heavy atom. The molecular weight excluding hydrogens is 264 g/mol. The topological polar surface area (TPSA) is 0 Å². The lowest BCUT2D eigenvalue weighted by Gasteiger charge is -2.60. The molecule has 0 heteroatoms. The maximum atomic E-state index is 4.35. The van der Waals surface area contributed by atoms with Crippen LogP contribution in [0.2, 0.25) is 0 Å². The van der Waals surface area contributed by atoms with Gasteiger partial charge in [-0.15, -0.1) is 6.58 Å². The van der Waals surface area contributed by atoms with Crippen LogP contribution in [0.4, 0.5) is 0 Å². The summed E-state index contributed by atoms with van der Waals surface area (Å²) in [5, 5.41) is 0. The van der Waals surface area contributed by atoms with Crippen LogP contribution in [0, 0.1) is 40.4 Å². The van der Waals surface area contributed by atoms with Gasteiger partial charge in [0.2, 0.25) is 0 Å². The molecular formula is C22H36. The van der Waals surface area contributed by atoms with Gasteiger partial charge in [-0.05, 0) is 91.8 Å². The highest BCUT2D eigenvalue weighted by atomic mass is 14.6. The Hall–Kier alpha value is -0.260. The fourth-order valence-electron chi connectivity index (χ4n) is 8.13. The van der Waals surface area contributed by atoms with Crippen molar-refractivity contribution in [2.75, 3.05) is 0 Å². The molecule has 124 valence electrons. The SMILES string of the molecule is C=C[C@]12CC[C@H]3[C@@H](CCC4CCCC[C@@]43C)[C@@H]1CC[C@@H]2CC. The first-order chi connectivity index (χ1) is 10.7. The second kappa shape index (κ2) is 5.38. The standard InChI is InChI=1S/C22H36/c1-4-16-10-12-20-18-11-9-17-8-6-7-14-21(17,3)19(18)13-15-22(16,20)5-2/h5,16-20H,2,4,6-15H2,1,3H3/t16-,17?,18+,19-,20-,21-,22+/m0/s1. The van der Waals surface area contributed by atoms with Gasteiger partial charge in [-0.1, -0.05) is 39.2 Å². The molecule has 0 aromatic carbocycles. The summed E-state index contributed by atoms with van der Waals surface area (Å²) in [6, 6.07) is 0. The summed E-state index contributed by atoms with van der Waals surface area (Å²) in [7, 11) is 0. The molecule has 0 nitrogen and oxygen atoms in total. The quantitative estimate of drug-likeness (QED) is 0.503. The summed E-state index contributed by atoms with van der Waals surface area (Å²) in [5.41, 5.74) is 1.21. The van der Waals surface area contributed by atoms with Crippen molar-refractivity contribution in [1.82, 2.24) is 0 Å². The van der Waals surface area contributed by atoms with Crippen LogP contribution in [0.1, 0.15) is 84.5 Å². The Morgan fingerprint density at radius 2 is 1.82 bits per heavy atom. The average molecular weight is 301 g/mol. The summed E-state index contributed by atoms with van der Waals surface area (Å²) >= 11 is 0. The summed E-state index contributed by atoms with van der Waals surface area (Å²) < 4.78 is 0. The number of rotatable bonds is 2.